The number of aromatic nitrogens is 1. The van der Waals surface area contributed by atoms with Crippen LogP contribution in [0.25, 0.3) is 0 Å². The summed E-state index contributed by atoms with van der Waals surface area (Å²) >= 11 is 1.79. The van der Waals surface area contributed by atoms with Gasteiger partial charge in [-0.2, -0.15) is 0 Å². The van der Waals surface area contributed by atoms with Crippen LogP contribution in [0, 0.1) is 0 Å². The van der Waals surface area contributed by atoms with Crippen LogP contribution in [0.3, 0.4) is 0 Å². The number of hydrogen-bond acceptors (Lipinski definition) is 4. The first-order chi connectivity index (χ1) is 8.42. The minimum atomic E-state index is 0.841. The van der Waals surface area contributed by atoms with Gasteiger partial charge >= 0.3 is 0 Å². The molecule has 0 spiro atoms. The Balaban J connectivity index is 1.48. The number of nitrogens with zero attached hydrogens (tertiary/aromatic N) is 3. The minimum Gasteiger partial charge on any atom is -0.300 e. The van der Waals surface area contributed by atoms with E-state index in [1.807, 2.05) is 6.20 Å². The summed E-state index contributed by atoms with van der Waals surface area (Å²) in [7, 11) is 0. The highest BCUT2D eigenvalue weighted by molar-refractivity contribution is 7.09. The van der Waals surface area contributed by atoms with Crippen molar-refractivity contribution < 1.29 is 0 Å². The van der Waals surface area contributed by atoms with Crippen LogP contribution in [0.4, 0.5) is 0 Å². The van der Waals surface area contributed by atoms with Gasteiger partial charge in [0.2, 0.25) is 0 Å². The molecule has 0 bridgehead atoms. The van der Waals surface area contributed by atoms with E-state index in [0.29, 0.717) is 0 Å². The predicted octanol–water partition coefficient (Wildman–Crippen LogP) is 1.86. The maximum atomic E-state index is 4.36. The first-order valence-electron chi connectivity index (χ1n) is 6.76. The first kappa shape index (κ1) is 11.6. The molecule has 0 N–H and O–H groups in total. The quantitative estimate of drug-likeness (QED) is 0.817. The van der Waals surface area contributed by atoms with Gasteiger partial charge in [0.1, 0.15) is 0 Å². The van der Waals surface area contributed by atoms with Gasteiger partial charge in [0.15, 0.2) is 0 Å². The molecule has 0 aliphatic carbocycles. The van der Waals surface area contributed by atoms with Gasteiger partial charge in [-0.25, -0.2) is 4.98 Å². The zero-order valence-corrected chi connectivity index (χ0v) is 11.2. The smallest absolute Gasteiger partial charge is 0.0937 e. The molecule has 3 nitrogen and oxygen atoms in total. The fourth-order valence-corrected chi connectivity index (χ4v) is 3.66. The molecule has 3 rings (SSSR count). The van der Waals surface area contributed by atoms with E-state index in [0.717, 1.165) is 12.5 Å². The molecule has 1 aromatic heterocycles. The zero-order valence-electron chi connectivity index (χ0n) is 10.3. The number of piperidine rings is 1. The highest BCUT2D eigenvalue weighted by Crippen LogP contribution is 2.21. The molecular weight excluding hydrogens is 230 g/mol. The van der Waals surface area contributed by atoms with E-state index in [9.17, 15) is 0 Å². The molecule has 4 heteroatoms. The van der Waals surface area contributed by atoms with Crippen molar-refractivity contribution in [2.24, 2.45) is 0 Å². The Morgan fingerprint density at radius 2 is 2.29 bits per heavy atom. The van der Waals surface area contributed by atoms with E-state index in [1.165, 1.54) is 57.0 Å². The Bertz CT molecular complexity index is 338. The van der Waals surface area contributed by atoms with Crippen molar-refractivity contribution in [2.45, 2.75) is 31.7 Å². The highest BCUT2D eigenvalue weighted by Gasteiger charge is 2.28. The third-order valence-corrected chi connectivity index (χ3v) is 4.89. The Kier molecular flexibility index (Phi) is 3.74. The summed E-state index contributed by atoms with van der Waals surface area (Å²) in [6.45, 7) is 6.35. The monoisotopic (exact) mass is 251 g/mol. The van der Waals surface area contributed by atoms with E-state index in [1.54, 1.807) is 11.3 Å². The van der Waals surface area contributed by atoms with Crippen LogP contribution in [-0.4, -0.2) is 53.5 Å². The average Bonchev–Trinajstić information content (AvgIpc) is 2.89. The summed E-state index contributed by atoms with van der Waals surface area (Å²) in [6, 6.07) is 0.841. The molecule has 1 unspecified atom stereocenters. The Labute approximate surface area is 107 Å². The molecular formula is C13H21N3S. The van der Waals surface area contributed by atoms with Gasteiger partial charge in [0.25, 0.3) is 0 Å². The summed E-state index contributed by atoms with van der Waals surface area (Å²) in [5.41, 5.74) is 0. The second kappa shape index (κ2) is 5.46. The van der Waals surface area contributed by atoms with E-state index >= 15 is 0 Å². The average molecular weight is 251 g/mol. The lowest BCUT2D eigenvalue weighted by atomic mass is 9.99. The van der Waals surface area contributed by atoms with Gasteiger partial charge in [-0.3, -0.25) is 4.90 Å². The summed E-state index contributed by atoms with van der Waals surface area (Å²) in [4.78, 5) is 9.69. The summed E-state index contributed by atoms with van der Waals surface area (Å²) in [5, 5.41) is 3.37. The molecule has 2 aliphatic heterocycles. The van der Waals surface area contributed by atoms with Crippen LogP contribution in [0.15, 0.2) is 11.6 Å². The van der Waals surface area contributed by atoms with E-state index in [4.69, 9.17) is 0 Å². The first-order valence-corrected chi connectivity index (χ1v) is 7.64. The number of hydrogen-bond donors (Lipinski definition) is 0. The molecule has 0 saturated carbocycles. The SMILES string of the molecule is c1csc(CCN2CCN3CCCCC3C2)n1. The van der Waals surface area contributed by atoms with Crippen LogP contribution in [0.2, 0.25) is 0 Å². The normalized spacial score (nSPS) is 26.9. The molecule has 2 fully saturated rings. The van der Waals surface area contributed by atoms with Crippen LogP contribution >= 0.6 is 11.3 Å². The lowest BCUT2D eigenvalue weighted by Gasteiger charge is -2.44. The van der Waals surface area contributed by atoms with E-state index in [2.05, 4.69) is 20.2 Å². The topological polar surface area (TPSA) is 19.4 Å². The number of piperazine rings is 1. The second-order valence-corrected chi connectivity index (χ2v) is 6.14. The third-order valence-electron chi connectivity index (χ3n) is 4.05. The van der Waals surface area contributed by atoms with Crippen molar-refractivity contribution in [3.8, 4) is 0 Å². The van der Waals surface area contributed by atoms with Crippen LogP contribution < -0.4 is 0 Å². The number of rotatable bonds is 3. The second-order valence-electron chi connectivity index (χ2n) is 5.16. The lowest BCUT2D eigenvalue weighted by Crippen LogP contribution is -2.55. The molecule has 1 aromatic rings. The van der Waals surface area contributed by atoms with Gasteiger partial charge in [-0.05, 0) is 19.4 Å². The summed E-state index contributed by atoms with van der Waals surface area (Å²) in [6.07, 6.45) is 7.30. The van der Waals surface area contributed by atoms with Crippen LogP contribution in [0.1, 0.15) is 24.3 Å². The Morgan fingerprint density at radius 1 is 1.29 bits per heavy atom. The van der Waals surface area contributed by atoms with Crippen molar-refractivity contribution in [1.82, 2.24) is 14.8 Å². The maximum Gasteiger partial charge on any atom is 0.0937 e. The van der Waals surface area contributed by atoms with Crippen molar-refractivity contribution in [2.75, 3.05) is 32.7 Å². The van der Waals surface area contributed by atoms with Gasteiger partial charge in [0, 0.05) is 50.2 Å². The lowest BCUT2D eigenvalue weighted by molar-refractivity contribution is 0.0500. The zero-order chi connectivity index (χ0) is 11.5. The molecule has 2 aliphatic rings. The van der Waals surface area contributed by atoms with Crippen molar-refractivity contribution in [3.05, 3.63) is 16.6 Å². The van der Waals surface area contributed by atoms with Gasteiger partial charge in [0.05, 0.1) is 5.01 Å². The predicted molar refractivity (Wildman–Crippen MR) is 71.5 cm³/mol. The van der Waals surface area contributed by atoms with Crippen LogP contribution in [0.5, 0.6) is 0 Å². The van der Waals surface area contributed by atoms with Crippen molar-refractivity contribution in [3.63, 3.8) is 0 Å². The Hall–Kier alpha value is -0.450. The van der Waals surface area contributed by atoms with Crippen molar-refractivity contribution in [1.29, 1.82) is 0 Å². The molecule has 94 valence electrons. The van der Waals surface area contributed by atoms with E-state index in [-0.39, 0.29) is 0 Å². The summed E-state index contributed by atoms with van der Waals surface area (Å²) in [5.74, 6) is 0. The molecule has 2 saturated heterocycles. The molecule has 0 radical (unpaired) electrons. The van der Waals surface area contributed by atoms with E-state index < -0.39 is 0 Å². The van der Waals surface area contributed by atoms with Crippen LogP contribution in [-0.2, 0) is 6.42 Å². The van der Waals surface area contributed by atoms with Crippen molar-refractivity contribution >= 4 is 11.3 Å². The fraction of sp³-hybridized carbons (Fsp3) is 0.769. The maximum absolute atomic E-state index is 4.36. The van der Waals surface area contributed by atoms with Gasteiger partial charge in [-0.15, -0.1) is 11.3 Å². The standard InChI is InChI=1S/C13H21N3S/c1-2-6-16-9-8-15(11-12(16)3-1)7-4-13-14-5-10-17-13/h5,10,12H,1-4,6-9,11H2. The number of thiazole rings is 1. The Morgan fingerprint density at radius 3 is 3.18 bits per heavy atom. The number of fused-ring (bicyclic) bond motifs is 1. The van der Waals surface area contributed by atoms with Gasteiger partial charge < -0.3 is 4.90 Å². The third kappa shape index (κ3) is 2.87. The molecule has 0 aromatic carbocycles. The summed E-state index contributed by atoms with van der Waals surface area (Å²) < 4.78 is 0. The largest absolute Gasteiger partial charge is 0.300 e. The molecule has 17 heavy (non-hydrogen) atoms. The molecule has 0 amide bonds. The van der Waals surface area contributed by atoms with Gasteiger partial charge in [-0.1, -0.05) is 6.42 Å². The molecule has 1 atom stereocenters. The molecule has 3 heterocycles. The highest BCUT2D eigenvalue weighted by atomic mass is 32.1. The fourth-order valence-electron chi connectivity index (χ4n) is 3.05. The minimum absolute atomic E-state index is 0.841.